The molecule has 5 heteroatoms. The summed E-state index contributed by atoms with van der Waals surface area (Å²) in [6, 6.07) is 16.7. The second-order valence-corrected chi connectivity index (χ2v) is 6.26. The first-order chi connectivity index (χ1) is 12.7. The molecule has 0 saturated carbocycles. The van der Waals surface area contributed by atoms with Crippen molar-refractivity contribution in [2.45, 2.75) is 25.8 Å². The predicted octanol–water partition coefficient (Wildman–Crippen LogP) is 3.64. The highest BCUT2D eigenvalue weighted by Crippen LogP contribution is 2.34. The molecule has 2 aromatic carbocycles. The molecule has 0 amide bonds. The fourth-order valence-electron chi connectivity index (χ4n) is 3.32. The molecule has 5 nitrogen and oxygen atoms in total. The Morgan fingerprint density at radius 3 is 2.50 bits per heavy atom. The molecule has 140 valence electrons. The number of morpholine rings is 1. The molecule has 1 fully saturated rings. The molecule has 2 aromatic rings. The molecule has 1 aliphatic heterocycles. The van der Waals surface area contributed by atoms with Crippen molar-refractivity contribution in [1.82, 2.24) is 4.90 Å². The predicted molar refractivity (Wildman–Crippen MR) is 101 cm³/mol. The maximum Gasteiger partial charge on any atom is 0.170 e. The molecule has 26 heavy (non-hydrogen) atoms. The van der Waals surface area contributed by atoms with E-state index in [4.69, 9.17) is 18.9 Å². The number of nitrogens with zero attached hydrogens (tertiary/aromatic N) is 1. The molecule has 2 unspecified atom stereocenters. The normalized spacial score (nSPS) is 20.7. The van der Waals surface area contributed by atoms with E-state index in [0.717, 1.165) is 30.2 Å². The zero-order valence-electron chi connectivity index (χ0n) is 15.7. The summed E-state index contributed by atoms with van der Waals surface area (Å²) >= 11 is 0. The second kappa shape index (κ2) is 9.03. The number of hydrogen-bond donors (Lipinski definition) is 0. The minimum Gasteiger partial charge on any atom is -0.493 e. The Hall–Kier alpha value is -2.08. The van der Waals surface area contributed by atoms with Crippen LogP contribution in [0.15, 0.2) is 48.5 Å². The van der Waals surface area contributed by atoms with E-state index in [2.05, 4.69) is 35.2 Å². The molecule has 0 N–H and O–H groups in total. The van der Waals surface area contributed by atoms with Crippen molar-refractivity contribution in [1.29, 1.82) is 0 Å². The molecule has 0 aliphatic carbocycles. The van der Waals surface area contributed by atoms with E-state index in [-0.39, 0.29) is 12.3 Å². The van der Waals surface area contributed by atoms with E-state index < -0.39 is 0 Å². The van der Waals surface area contributed by atoms with E-state index in [1.165, 1.54) is 5.56 Å². The average molecular weight is 357 g/mol. The summed E-state index contributed by atoms with van der Waals surface area (Å²) in [6.07, 6.45) is -0.194. The molecular weight excluding hydrogens is 330 g/mol. The first-order valence-corrected chi connectivity index (χ1v) is 8.98. The van der Waals surface area contributed by atoms with Gasteiger partial charge in [-0.05, 0) is 30.2 Å². The smallest absolute Gasteiger partial charge is 0.170 e. The molecule has 0 bridgehead atoms. The second-order valence-electron chi connectivity index (χ2n) is 6.26. The maximum absolute atomic E-state index is 5.95. The fourth-order valence-corrected chi connectivity index (χ4v) is 3.32. The van der Waals surface area contributed by atoms with Crippen LogP contribution >= 0.6 is 0 Å². The lowest BCUT2D eigenvalue weighted by atomic mass is 10.0. The topological polar surface area (TPSA) is 40.2 Å². The Bertz CT molecular complexity index is 692. The van der Waals surface area contributed by atoms with Crippen LogP contribution in [0.25, 0.3) is 0 Å². The van der Waals surface area contributed by atoms with Crippen molar-refractivity contribution in [3.63, 3.8) is 0 Å². The highest BCUT2D eigenvalue weighted by molar-refractivity contribution is 5.44. The highest BCUT2D eigenvalue weighted by atomic mass is 16.7. The van der Waals surface area contributed by atoms with Gasteiger partial charge >= 0.3 is 0 Å². The first-order valence-electron chi connectivity index (χ1n) is 8.98. The van der Waals surface area contributed by atoms with Gasteiger partial charge in [0.05, 0.1) is 33.4 Å². The van der Waals surface area contributed by atoms with Gasteiger partial charge in [0.15, 0.2) is 17.8 Å². The van der Waals surface area contributed by atoms with E-state index in [0.29, 0.717) is 13.2 Å². The van der Waals surface area contributed by atoms with Crippen LogP contribution in [0.2, 0.25) is 0 Å². The van der Waals surface area contributed by atoms with Gasteiger partial charge in [-0.1, -0.05) is 36.4 Å². The minimum atomic E-state index is -0.194. The summed E-state index contributed by atoms with van der Waals surface area (Å²) in [4.78, 5) is 2.40. The number of methoxy groups -OCH3 is 2. The zero-order valence-corrected chi connectivity index (χ0v) is 15.7. The van der Waals surface area contributed by atoms with Crippen LogP contribution in [0.4, 0.5) is 0 Å². The molecule has 0 spiro atoms. The molecule has 2 atom stereocenters. The largest absolute Gasteiger partial charge is 0.493 e. The zero-order chi connectivity index (χ0) is 18.4. The third-order valence-electron chi connectivity index (χ3n) is 4.64. The standard InChI is InChI=1S/C21H27NO4/c1-4-25-21-14-22(13-16-8-6-5-7-9-16)18(15-26-21)17-10-11-19(23-2)20(12-17)24-3/h5-12,18,21H,4,13-15H2,1-3H3. The SMILES string of the molecule is CCOC1CN(Cc2ccccc2)C(c2ccc(OC)c(OC)c2)CO1. The van der Waals surface area contributed by atoms with Crippen molar-refractivity contribution in [2.24, 2.45) is 0 Å². The van der Waals surface area contributed by atoms with Gasteiger partial charge in [-0.2, -0.15) is 0 Å². The van der Waals surface area contributed by atoms with Crippen LogP contribution in [-0.4, -0.2) is 45.2 Å². The average Bonchev–Trinajstić information content (AvgIpc) is 2.69. The van der Waals surface area contributed by atoms with Gasteiger partial charge in [0.25, 0.3) is 0 Å². The molecule has 1 saturated heterocycles. The van der Waals surface area contributed by atoms with Gasteiger partial charge in [0, 0.05) is 13.2 Å². The Kier molecular flexibility index (Phi) is 6.50. The van der Waals surface area contributed by atoms with Crippen LogP contribution in [0.1, 0.15) is 24.1 Å². The quantitative estimate of drug-likeness (QED) is 0.757. The van der Waals surface area contributed by atoms with Crippen LogP contribution in [0.5, 0.6) is 11.5 Å². The monoisotopic (exact) mass is 357 g/mol. The van der Waals surface area contributed by atoms with Gasteiger partial charge in [0.1, 0.15) is 0 Å². The van der Waals surface area contributed by atoms with Gasteiger partial charge in [-0.15, -0.1) is 0 Å². The van der Waals surface area contributed by atoms with Crippen LogP contribution in [0.3, 0.4) is 0 Å². The first kappa shape index (κ1) is 18.7. The van der Waals surface area contributed by atoms with E-state index in [9.17, 15) is 0 Å². The summed E-state index contributed by atoms with van der Waals surface area (Å²) in [5.41, 5.74) is 2.42. The summed E-state index contributed by atoms with van der Waals surface area (Å²) in [5, 5.41) is 0. The fraction of sp³-hybridized carbons (Fsp3) is 0.429. The van der Waals surface area contributed by atoms with E-state index in [1.54, 1.807) is 14.2 Å². The van der Waals surface area contributed by atoms with Gasteiger partial charge in [-0.25, -0.2) is 0 Å². The summed E-state index contributed by atoms with van der Waals surface area (Å²) < 4.78 is 22.5. The summed E-state index contributed by atoms with van der Waals surface area (Å²) in [6.45, 7) is 4.78. The lowest BCUT2D eigenvalue weighted by Crippen LogP contribution is -2.45. The van der Waals surface area contributed by atoms with Gasteiger partial charge in [-0.3, -0.25) is 4.90 Å². The number of benzene rings is 2. The lowest BCUT2D eigenvalue weighted by Gasteiger charge is -2.39. The van der Waals surface area contributed by atoms with Gasteiger partial charge in [0.2, 0.25) is 0 Å². The lowest BCUT2D eigenvalue weighted by molar-refractivity contribution is -0.195. The third kappa shape index (κ3) is 4.36. The molecule has 1 heterocycles. The Morgan fingerprint density at radius 2 is 1.81 bits per heavy atom. The number of hydrogen-bond acceptors (Lipinski definition) is 5. The van der Waals surface area contributed by atoms with Crippen molar-refractivity contribution in [3.8, 4) is 11.5 Å². The van der Waals surface area contributed by atoms with Crippen LogP contribution < -0.4 is 9.47 Å². The molecule has 0 radical (unpaired) electrons. The van der Waals surface area contributed by atoms with Crippen molar-refractivity contribution in [3.05, 3.63) is 59.7 Å². The van der Waals surface area contributed by atoms with E-state index >= 15 is 0 Å². The Morgan fingerprint density at radius 1 is 1.04 bits per heavy atom. The van der Waals surface area contributed by atoms with Crippen LogP contribution in [0, 0.1) is 0 Å². The summed E-state index contributed by atoms with van der Waals surface area (Å²) in [7, 11) is 3.31. The van der Waals surface area contributed by atoms with Crippen molar-refractivity contribution < 1.29 is 18.9 Å². The molecular formula is C21H27NO4. The van der Waals surface area contributed by atoms with Gasteiger partial charge < -0.3 is 18.9 Å². The van der Waals surface area contributed by atoms with E-state index in [1.807, 2.05) is 25.1 Å². The minimum absolute atomic E-state index is 0.131. The summed E-state index contributed by atoms with van der Waals surface area (Å²) in [5.74, 6) is 1.46. The Balaban J connectivity index is 1.85. The van der Waals surface area contributed by atoms with Crippen molar-refractivity contribution >= 4 is 0 Å². The molecule has 0 aromatic heterocycles. The molecule has 3 rings (SSSR count). The Labute approximate surface area is 155 Å². The van der Waals surface area contributed by atoms with Crippen LogP contribution in [-0.2, 0) is 16.0 Å². The number of rotatable bonds is 7. The maximum atomic E-state index is 5.95. The highest BCUT2D eigenvalue weighted by Gasteiger charge is 2.31. The third-order valence-corrected chi connectivity index (χ3v) is 4.64. The number of ether oxygens (including phenoxy) is 4. The molecule has 1 aliphatic rings. The van der Waals surface area contributed by atoms with Crippen molar-refractivity contribution in [2.75, 3.05) is 34.0 Å².